The summed E-state index contributed by atoms with van der Waals surface area (Å²) in [5, 5.41) is 4.52. The van der Waals surface area contributed by atoms with Gasteiger partial charge in [0.25, 0.3) is 0 Å². The third-order valence-electron chi connectivity index (χ3n) is 3.03. The van der Waals surface area contributed by atoms with Crippen LogP contribution >= 0.6 is 23.2 Å². The fourth-order valence-electron chi connectivity index (χ4n) is 1.83. The van der Waals surface area contributed by atoms with Crippen molar-refractivity contribution in [3.63, 3.8) is 0 Å². The molecule has 0 unspecified atom stereocenters. The Labute approximate surface area is 136 Å². The van der Waals surface area contributed by atoms with E-state index in [-0.39, 0.29) is 0 Å². The molecule has 0 aliphatic heterocycles. The molecule has 1 N–H and O–H groups in total. The van der Waals surface area contributed by atoms with Crippen molar-refractivity contribution in [3.05, 3.63) is 63.6 Å². The van der Waals surface area contributed by atoms with Crippen molar-refractivity contribution < 1.29 is 4.74 Å². The van der Waals surface area contributed by atoms with Crippen LogP contribution in [0.15, 0.2) is 42.5 Å². The monoisotopic (exact) mass is 323 g/mol. The van der Waals surface area contributed by atoms with E-state index >= 15 is 0 Å². The van der Waals surface area contributed by atoms with Crippen LogP contribution in [0.2, 0.25) is 10.0 Å². The number of benzene rings is 2. The van der Waals surface area contributed by atoms with E-state index in [1.54, 1.807) is 18.2 Å². The number of halogens is 2. The summed E-state index contributed by atoms with van der Waals surface area (Å²) in [7, 11) is 0. The summed E-state index contributed by atoms with van der Waals surface area (Å²) < 4.78 is 5.71. The van der Waals surface area contributed by atoms with E-state index in [4.69, 9.17) is 27.9 Å². The van der Waals surface area contributed by atoms with Crippen LogP contribution in [0.3, 0.4) is 0 Å². The first-order valence-electron chi connectivity index (χ1n) is 6.93. The Morgan fingerprint density at radius 1 is 1.00 bits per heavy atom. The minimum absolute atomic E-state index is 0.485. The number of nitrogens with one attached hydrogen (secondary N) is 1. The fraction of sp³-hybridized carbons (Fsp3) is 0.294. The second kappa shape index (κ2) is 7.69. The zero-order valence-corrected chi connectivity index (χ0v) is 13.7. The van der Waals surface area contributed by atoms with E-state index in [0.29, 0.717) is 28.4 Å². The van der Waals surface area contributed by atoms with Gasteiger partial charge in [-0.3, -0.25) is 0 Å². The van der Waals surface area contributed by atoms with Crippen molar-refractivity contribution in [2.75, 3.05) is 0 Å². The molecule has 0 aromatic heterocycles. The Balaban J connectivity index is 1.91. The summed E-state index contributed by atoms with van der Waals surface area (Å²) in [5.74, 6) is 0.645. The molecule has 0 spiro atoms. The lowest BCUT2D eigenvalue weighted by Crippen LogP contribution is -2.21. The van der Waals surface area contributed by atoms with Gasteiger partial charge < -0.3 is 10.1 Å². The van der Waals surface area contributed by atoms with Crippen molar-refractivity contribution in [1.29, 1.82) is 0 Å². The first kappa shape index (κ1) is 16.2. The maximum absolute atomic E-state index is 6.07. The minimum Gasteiger partial charge on any atom is -0.487 e. The van der Waals surface area contributed by atoms with Crippen LogP contribution in [0.5, 0.6) is 5.75 Å². The summed E-state index contributed by atoms with van der Waals surface area (Å²) >= 11 is 11.9. The Bertz CT molecular complexity index is 582. The predicted octanol–water partition coefficient (Wildman–Crippen LogP) is 5.07. The second-order valence-electron chi connectivity index (χ2n) is 5.22. The molecule has 2 rings (SSSR count). The van der Waals surface area contributed by atoms with Crippen molar-refractivity contribution in [2.45, 2.75) is 33.0 Å². The molecule has 0 fully saturated rings. The van der Waals surface area contributed by atoms with Gasteiger partial charge >= 0.3 is 0 Å². The van der Waals surface area contributed by atoms with Crippen molar-refractivity contribution >= 4 is 23.2 Å². The Morgan fingerprint density at radius 2 is 1.67 bits per heavy atom. The van der Waals surface area contributed by atoms with Gasteiger partial charge in [-0.15, -0.1) is 0 Å². The van der Waals surface area contributed by atoms with Gasteiger partial charge in [-0.25, -0.2) is 0 Å². The van der Waals surface area contributed by atoms with Gasteiger partial charge in [-0.2, -0.15) is 0 Å². The van der Waals surface area contributed by atoms with E-state index < -0.39 is 0 Å². The lowest BCUT2D eigenvalue weighted by molar-refractivity contribution is 0.306. The second-order valence-corrected chi connectivity index (χ2v) is 6.06. The topological polar surface area (TPSA) is 21.3 Å². The van der Waals surface area contributed by atoms with Crippen LogP contribution in [0.1, 0.15) is 25.0 Å². The summed E-state index contributed by atoms with van der Waals surface area (Å²) in [6, 6.07) is 14.1. The molecule has 0 saturated heterocycles. The third kappa shape index (κ3) is 5.24. The molecular weight excluding hydrogens is 305 g/mol. The van der Waals surface area contributed by atoms with E-state index in [1.807, 2.05) is 0 Å². The van der Waals surface area contributed by atoms with Crippen LogP contribution in [0.4, 0.5) is 0 Å². The van der Waals surface area contributed by atoms with Crippen molar-refractivity contribution in [2.24, 2.45) is 0 Å². The van der Waals surface area contributed by atoms with E-state index in [9.17, 15) is 0 Å². The Kier molecular flexibility index (Phi) is 5.92. The lowest BCUT2D eigenvalue weighted by atomic mass is 10.1. The van der Waals surface area contributed by atoms with Gasteiger partial charge in [0.1, 0.15) is 12.4 Å². The summed E-state index contributed by atoms with van der Waals surface area (Å²) in [4.78, 5) is 0. The van der Waals surface area contributed by atoms with Crippen LogP contribution < -0.4 is 10.1 Å². The molecule has 0 atom stereocenters. The number of rotatable bonds is 6. The van der Waals surface area contributed by atoms with Gasteiger partial charge in [-0.1, -0.05) is 61.3 Å². The fourth-order valence-corrected chi connectivity index (χ4v) is 2.29. The quantitative estimate of drug-likeness (QED) is 0.801. The van der Waals surface area contributed by atoms with Gasteiger partial charge in [-0.05, 0) is 29.3 Å². The van der Waals surface area contributed by atoms with E-state index in [1.165, 1.54) is 5.56 Å². The molecule has 0 aliphatic rings. The van der Waals surface area contributed by atoms with Crippen LogP contribution in [0.25, 0.3) is 0 Å². The molecule has 0 amide bonds. The number of hydrogen-bond acceptors (Lipinski definition) is 2. The molecule has 112 valence electrons. The molecule has 2 nitrogen and oxygen atoms in total. The number of hydrogen-bond donors (Lipinski definition) is 1. The molecule has 0 saturated carbocycles. The maximum atomic E-state index is 6.07. The highest BCUT2D eigenvalue weighted by Gasteiger charge is 2.03. The Hall–Kier alpha value is -1.22. The largest absolute Gasteiger partial charge is 0.487 e. The summed E-state index contributed by atoms with van der Waals surface area (Å²) in [6.45, 7) is 5.64. The predicted molar refractivity (Wildman–Crippen MR) is 89.2 cm³/mol. The average molecular weight is 324 g/mol. The first-order valence-corrected chi connectivity index (χ1v) is 7.69. The van der Waals surface area contributed by atoms with Gasteiger partial charge in [0.05, 0.1) is 5.02 Å². The summed E-state index contributed by atoms with van der Waals surface area (Å²) in [6.07, 6.45) is 0. The highest BCUT2D eigenvalue weighted by atomic mass is 35.5. The zero-order chi connectivity index (χ0) is 15.2. The van der Waals surface area contributed by atoms with Crippen molar-refractivity contribution in [1.82, 2.24) is 5.32 Å². The minimum atomic E-state index is 0.485. The van der Waals surface area contributed by atoms with Gasteiger partial charge in [0.15, 0.2) is 0 Å². The summed E-state index contributed by atoms with van der Waals surface area (Å²) in [5.41, 5.74) is 2.37. The van der Waals surface area contributed by atoms with Gasteiger partial charge in [0, 0.05) is 17.6 Å². The van der Waals surface area contributed by atoms with Crippen LogP contribution in [0, 0.1) is 0 Å². The standard InChI is InChI=1S/C17H19Cl2NO/c1-12(2)20-10-13-3-5-14(6-4-13)11-21-17-8-7-15(18)9-16(17)19/h3-9,12,20H,10-11H2,1-2H3. The highest BCUT2D eigenvalue weighted by Crippen LogP contribution is 2.28. The Morgan fingerprint density at radius 3 is 2.29 bits per heavy atom. The average Bonchev–Trinajstić information content (AvgIpc) is 2.45. The molecule has 0 heterocycles. The normalized spacial score (nSPS) is 10.9. The highest BCUT2D eigenvalue weighted by molar-refractivity contribution is 6.35. The van der Waals surface area contributed by atoms with E-state index in [2.05, 4.69) is 43.4 Å². The SMILES string of the molecule is CC(C)NCc1ccc(COc2ccc(Cl)cc2Cl)cc1. The van der Waals surface area contributed by atoms with E-state index in [0.717, 1.165) is 12.1 Å². The molecule has 0 aliphatic carbocycles. The zero-order valence-electron chi connectivity index (χ0n) is 12.2. The molecule has 21 heavy (non-hydrogen) atoms. The molecular formula is C17H19Cl2NO. The smallest absolute Gasteiger partial charge is 0.138 e. The molecule has 4 heteroatoms. The number of ether oxygens (including phenoxy) is 1. The molecule has 0 radical (unpaired) electrons. The van der Waals surface area contributed by atoms with Gasteiger partial charge in [0.2, 0.25) is 0 Å². The lowest BCUT2D eigenvalue weighted by Gasteiger charge is -2.10. The van der Waals surface area contributed by atoms with Crippen molar-refractivity contribution in [3.8, 4) is 5.75 Å². The molecule has 2 aromatic carbocycles. The first-order chi connectivity index (χ1) is 10.0. The molecule has 2 aromatic rings. The third-order valence-corrected chi connectivity index (χ3v) is 3.56. The van der Waals surface area contributed by atoms with Crippen LogP contribution in [-0.2, 0) is 13.2 Å². The maximum Gasteiger partial charge on any atom is 0.138 e. The van der Waals surface area contributed by atoms with Crippen LogP contribution in [-0.4, -0.2) is 6.04 Å². The molecule has 0 bridgehead atoms.